The second-order valence-electron chi connectivity index (χ2n) is 7.11. The Morgan fingerprint density at radius 1 is 0.808 bits per heavy atom. The molecule has 0 bridgehead atoms. The molecule has 0 unspecified atom stereocenters. The Hall–Kier alpha value is -1.92. The summed E-state index contributed by atoms with van der Waals surface area (Å²) in [5, 5.41) is 20.9. The van der Waals surface area contributed by atoms with Crippen molar-refractivity contribution in [2.45, 2.75) is 95.4 Å². The van der Waals surface area contributed by atoms with Gasteiger partial charge >= 0.3 is 11.9 Å². The summed E-state index contributed by atoms with van der Waals surface area (Å²) in [5.41, 5.74) is -2.13. The van der Waals surface area contributed by atoms with Crippen molar-refractivity contribution in [3.05, 3.63) is 0 Å². The molecule has 0 spiro atoms. The van der Waals surface area contributed by atoms with Gasteiger partial charge in [0, 0.05) is 19.3 Å². The number of carbonyl (C=O) groups is 4. The quantitative estimate of drug-likeness (QED) is 0.655. The van der Waals surface area contributed by atoms with Gasteiger partial charge in [-0.3, -0.25) is 14.4 Å². The van der Waals surface area contributed by atoms with E-state index in [-0.39, 0.29) is 12.8 Å². The van der Waals surface area contributed by atoms with Crippen LogP contribution in [0.4, 0.5) is 0 Å². The minimum Gasteiger partial charge on any atom is -0.481 e. The number of nitrogens with one attached hydrogen (secondary N) is 1. The van der Waals surface area contributed by atoms with Crippen LogP contribution in [0.25, 0.3) is 0 Å². The highest BCUT2D eigenvalue weighted by Gasteiger charge is 2.46. The van der Waals surface area contributed by atoms with E-state index < -0.39 is 42.0 Å². The first kappa shape index (κ1) is 22.1. The third-order valence-corrected chi connectivity index (χ3v) is 4.97. The summed E-state index contributed by atoms with van der Waals surface area (Å²) >= 11 is 0. The van der Waals surface area contributed by atoms with Crippen LogP contribution < -0.4 is 5.32 Å². The smallest absolute Gasteiger partial charge is 0.337 e. The summed E-state index contributed by atoms with van der Waals surface area (Å²) in [6, 6.07) is 0. The maximum absolute atomic E-state index is 12.6. The maximum Gasteiger partial charge on any atom is 0.337 e. The minimum absolute atomic E-state index is 0.0339. The molecule has 7 nitrogen and oxygen atoms in total. The summed E-state index contributed by atoms with van der Waals surface area (Å²) in [6.07, 6.45) is 8.78. The Morgan fingerprint density at radius 2 is 1.27 bits per heavy atom. The number of ketones is 1. The second-order valence-corrected chi connectivity index (χ2v) is 7.11. The molecule has 1 fully saturated rings. The Kier molecular flexibility index (Phi) is 9.91. The first-order valence-electron chi connectivity index (χ1n) is 9.68. The zero-order chi connectivity index (χ0) is 19.4. The number of carbonyl (C=O) groups excluding carboxylic acids is 2. The standard InChI is InChI=1S/C19H31NO6/c21-15-11-9-7-5-3-1-2-4-6-8-10-12-16(22)20-19(15,18(25)26)14-13-17(23)24/h1-14H2,(H,20,22)(H,23,24)(H,25,26)/t19-/m1/s1. The third kappa shape index (κ3) is 7.54. The lowest BCUT2D eigenvalue weighted by molar-refractivity contribution is -0.154. The highest BCUT2D eigenvalue weighted by molar-refractivity contribution is 6.10. The molecule has 1 rings (SSSR count). The van der Waals surface area contributed by atoms with E-state index in [1.54, 1.807) is 0 Å². The largest absolute Gasteiger partial charge is 0.481 e. The van der Waals surface area contributed by atoms with Gasteiger partial charge in [-0.2, -0.15) is 0 Å². The monoisotopic (exact) mass is 369 g/mol. The van der Waals surface area contributed by atoms with Crippen molar-refractivity contribution >= 4 is 23.6 Å². The van der Waals surface area contributed by atoms with Gasteiger partial charge in [0.1, 0.15) is 0 Å². The average Bonchev–Trinajstić information content (AvgIpc) is 2.58. The molecule has 148 valence electrons. The predicted octanol–water partition coefficient (Wildman–Crippen LogP) is 3.05. The molecule has 1 aliphatic heterocycles. The molecular formula is C19H31NO6. The summed E-state index contributed by atoms with van der Waals surface area (Å²) < 4.78 is 0. The summed E-state index contributed by atoms with van der Waals surface area (Å²) in [4.78, 5) is 47.6. The van der Waals surface area contributed by atoms with Gasteiger partial charge in [-0.05, 0) is 19.3 Å². The van der Waals surface area contributed by atoms with Crippen molar-refractivity contribution < 1.29 is 29.4 Å². The molecular weight excluding hydrogens is 338 g/mol. The number of aliphatic carboxylic acids is 2. The van der Waals surface area contributed by atoms with Crippen LogP contribution in [0.5, 0.6) is 0 Å². The highest BCUT2D eigenvalue weighted by Crippen LogP contribution is 2.21. The zero-order valence-corrected chi connectivity index (χ0v) is 15.4. The van der Waals surface area contributed by atoms with E-state index in [1.807, 2.05) is 0 Å². The number of hydrogen-bond donors (Lipinski definition) is 3. The molecule has 0 saturated carbocycles. The lowest BCUT2D eigenvalue weighted by atomic mass is 9.85. The molecule has 0 aromatic heterocycles. The van der Waals surface area contributed by atoms with Crippen molar-refractivity contribution in [2.24, 2.45) is 0 Å². The van der Waals surface area contributed by atoms with E-state index in [1.165, 1.54) is 6.42 Å². The molecule has 0 aliphatic carbocycles. The topological polar surface area (TPSA) is 121 Å². The van der Waals surface area contributed by atoms with Gasteiger partial charge in [0.15, 0.2) is 11.3 Å². The van der Waals surface area contributed by atoms with Gasteiger partial charge < -0.3 is 15.5 Å². The summed E-state index contributed by atoms with van der Waals surface area (Å²) in [7, 11) is 0. The molecule has 0 aromatic carbocycles. The molecule has 0 radical (unpaired) electrons. The fourth-order valence-corrected chi connectivity index (χ4v) is 3.34. The first-order valence-corrected chi connectivity index (χ1v) is 9.68. The van der Waals surface area contributed by atoms with Crippen LogP contribution in [-0.4, -0.2) is 39.4 Å². The Balaban J connectivity index is 2.90. The van der Waals surface area contributed by atoms with Crippen LogP contribution >= 0.6 is 0 Å². The molecule has 0 aromatic rings. The van der Waals surface area contributed by atoms with Gasteiger partial charge in [0.2, 0.25) is 5.91 Å². The van der Waals surface area contributed by atoms with E-state index in [0.717, 1.165) is 44.9 Å². The van der Waals surface area contributed by atoms with Crippen molar-refractivity contribution in [2.75, 3.05) is 0 Å². The van der Waals surface area contributed by atoms with E-state index >= 15 is 0 Å². The first-order chi connectivity index (χ1) is 12.4. The number of amides is 1. The molecule has 1 amide bonds. The van der Waals surface area contributed by atoms with Crippen molar-refractivity contribution in [1.29, 1.82) is 0 Å². The summed E-state index contributed by atoms with van der Waals surface area (Å²) in [6.45, 7) is 0. The van der Waals surface area contributed by atoms with Crippen LogP contribution in [0.2, 0.25) is 0 Å². The third-order valence-electron chi connectivity index (χ3n) is 4.97. The highest BCUT2D eigenvalue weighted by atomic mass is 16.4. The molecule has 26 heavy (non-hydrogen) atoms. The molecule has 1 atom stereocenters. The maximum atomic E-state index is 12.6. The fraction of sp³-hybridized carbons (Fsp3) is 0.789. The lowest BCUT2D eigenvalue weighted by Crippen LogP contribution is -2.60. The van der Waals surface area contributed by atoms with E-state index in [9.17, 15) is 24.3 Å². The molecule has 3 N–H and O–H groups in total. The number of Topliss-reactive ketones (excluding diaryl/α,β-unsaturated/α-hetero) is 1. The summed E-state index contributed by atoms with van der Waals surface area (Å²) in [5.74, 6) is -3.78. The van der Waals surface area contributed by atoms with Crippen LogP contribution in [0, 0.1) is 0 Å². The number of rotatable bonds is 4. The Bertz CT molecular complexity index is 504. The van der Waals surface area contributed by atoms with Crippen LogP contribution in [-0.2, 0) is 19.2 Å². The van der Waals surface area contributed by atoms with E-state index in [4.69, 9.17) is 5.11 Å². The van der Waals surface area contributed by atoms with Gasteiger partial charge in [0.05, 0.1) is 0 Å². The minimum atomic E-state index is -2.13. The van der Waals surface area contributed by atoms with Gasteiger partial charge in [0.25, 0.3) is 0 Å². The number of hydrogen-bond acceptors (Lipinski definition) is 4. The van der Waals surface area contributed by atoms with Gasteiger partial charge in [-0.1, -0.05) is 51.4 Å². The number of carboxylic acids is 2. The van der Waals surface area contributed by atoms with Crippen LogP contribution in [0.3, 0.4) is 0 Å². The molecule has 1 saturated heterocycles. The predicted molar refractivity (Wildman–Crippen MR) is 95.8 cm³/mol. The second kappa shape index (κ2) is 11.6. The van der Waals surface area contributed by atoms with Crippen LogP contribution in [0.15, 0.2) is 0 Å². The van der Waals surface area contributed by atoms with Gasteiger partial charge in [-0.15, -0.1) is 0 Å². The fourth-order valence-electron chi connectivity index (χ4n) is 3.34. The number of carboxylic acid groups (broad SMARTS) is 2. The average molecular weight is 369 g/mol. The lowest BCUT2D eigenvalue weighted by Gasteiger charge is -2.29. The van der Waals surface area contributed by atoms with Gasteiger partial charge in [-0.25, -0.2) is 4.79 Å². The zero-order valence-electron chi connectivity index (χ0n) is 15.4. The van der Waals surface area contributed by atoms with Crippen molar-refractivity contribution in [3.63, 3.8) is 0 Å². The van der Waals surface area contributed by atoms with Crippen LogP contribution in [0.1, 0.15) is 89.9 Å². The van der Waals surface area contributed by atoms with Crippen molar-refractivity contribution in [1.82, 2.24) is 5.32 Å². The molecule has 7 heteroatoms. The normalized spacial score (nSPS) is 24.6. The Labute approximate surface area is 154 Å². The van der Waals surface area contributed by atoms with E-state index in [0.29, 0.717) is 12.8 Å². The SMILES string of the molecule is O=C(O)CC[C@@]1(C(=O)O)NC(=O)CCCCCCCCCCCCC1=O. The van der Waals surface area contributed by atoms with Crippen molar-refractivity contribution in [3.8, 4) is 0 Å². The molecule has 1 heterocycles. The Morgan fingerprint density at radius 3 is 1.73 bits per heavy atom. The molecule has 1 aliphatic rings. The van der Waals surface area contributed by atoms with E-state index in [2.05, 4.69) is 5.32 Å².